The van der Waals surface area contributed by atoms with Gasteiger partial charge in [0, 0.05) is 6.42 Å². The van der Waals surface area contributed by atoms with Crippen LogP contribution in [0.3, 0.4) is 0 Å². The molecule has 0 fully saturated rings. The van der Waals surface area contributed by atoms with E-state index in [0.29, 0.717) is 28.3 Å². The number of benzene rings is 2. The average Bonchev–Trinajstić information content (AvgIpc) is 3.08. The fraction of sp³-hybridized carbons (Fsp3) is 0.211. The first-order valence-electron chi connectivity index (χ1n) is 8.52. The van der Waals surface area contributed by atoms with Gasteiger partial charge in [0.1, 0.15) is 0 Å². The summed E-state index contributed by atoms with van der Waals surface area (Å²) in [5.74, 6) is -0.267. The predicted octanol–water partition coefficient (Wildman–Crippen LogP) is 4.47. The molecule has 1 aromatic heterocycles. The summed E-state index contributed by atoms with van der Waals surface area (Å²) in [6, 6.07) is 14.8. The first kappa shape index (κ1) is 20.6. The van der Waals surface area contributed by atoms with E-state index in [4.69, 9.17) is 21.7 Å². The van der Waals surface area contributed by atoms with Gasteiger partial charge in [-0.1, -0.05) is 30.3 Å². The highest BCUT2D eigenvalue weighted by Gasteiger charge is 2.37. The minimum atomic E-state index is -4.68. The Bertz CT molecular complexity index is 1050. The van der Waals surface area contributed by atoms with Gasteiger partial charge in [-0.25, -0.2) is 5.10 Å². The van der Waals surface area contributed by atoms with Gasteiger partial charge >= 0.3 is 6.18 Å². The Morgan fingerprint density at radius 3 is 2.62 bits per heavy atom. The van der Waals surface area contributed by atoms with Gasteiger partial charge in [-0.05, 0) is 41.5 Å². The Balaban J connectivity index is 1.73. The lowest BCUT2D eigenvalue weighted by atomic mass is 10.2. The molecule has 0 aliphatic rings. The van der Waals surface area contributed by atoms with E-state index < -0.39 is 12.0 Å². The van der Waals surface area contributed by atoms with E-state index in [9.17, 15) is 13.2 Å². The van der Waals surface area contributed by atoms with Gasteiger partial charge in [-0.2, -0.15) is 22.9 Å². The zero-order chi connectivity index (χ0) is 20.9. The summed E-state index contributed by atoms with van der Waals surface area (Å²) in [5.41, 5.74) is 1.65. The van der Waals surface area contributed by atoms with Crippen LogP contribution in [-0.2, 0) is 12.6 Å². The number of rotatable bonds is 7. The van der Waals surface area contributed by atoms with Crippen molar-refractivity contribution in [2.24, 2.45) is 5.10 Å². The molecule has 6 nitrogen and oxygen atoms in total. The molecule has 3 rings (SSSR count). The standard InChI is InChI=1S/C19H17F3N4O2S/c1-27-16-11-14(12-23-26-17(19(20,21)22)24-25-18(26)29)7-8-15(16)28-10-9-13-5-3-2-4-6-13/h2-8,11-12H,9-10H2,1H3,(H,25,29). The molecule has 10 heteroatoms. The second-order valence-corrected chi connectivity index (χ2v) is 6.29. The van der Waals surface area contributed by atoms with E-state index in [0.717, 1.165) is 12.0 Å². The van der Waals surface area contributed by atoms with Crippen LogP contribution in [0.1, 0.15) is 17.0 Å². The fourth-order valence-corrected chi connectivity index (χ4v) is 2.69. The quantitative estimate of drug-likeness (QED) is 0.451. The summed E-state index contributed by atoms with van der Waals surface area (Å²) < 4.78 is 50.2. The topological polar surface area (TPSA) is 64.4 Å². The van der Waals surface area contributed by atoms with Crippen molar-refractivity contribution >= 4 is 18.4 Å². The van der Waals surface area contributed by atoms with E-state index >= 15 is 0 Å². The maximum Gasteiger partial charge on any atom is 0.453 e. The van der Waals surface area contributed by atoms with Gasteiger partial charge < -0.3 is 9.47 Å². The van der Waals surface area contributed by atoms with Gasteiger partial charge in [-0.15, -0.1) is 5.10 Å². The Labute approximate surface area is 169 Å². The third kappa shape index (κ3) is 5.23. The molecule has 0 bridgehead atoms. The lowest BCUT2D eigenvalue weighted by Gasteiger charge is -2.11. The summed E-state index contributed by atoms with van der Waals surface area (Å²) in [6.07, 6.45) is -2.72. The zero-order valence-electron chi connectivity index (χ0n) is 15.3. The van der Waals surface area contributed by atoms with Crippen LogP contribution in [0, 0.1) is 4.77 Å². The van der Waals surface area contributed by atoms with Crippen molar-refractivity contribution in [3.05, 3.63) is 70.3 Å². The summed E-state index contributed by atoms with van der Waals surface area (Å²) in [7, 11) is 1.48. The normalized spacial score (nSPS) is 11.7. The molecule has 0 radical (unpaired) electrons. The minimum Gasteiger partial charge on any atom is -0.493 e. The summed E-state index contributed by atoms with van der Waals surface area (Å²) in [6.45, 7) is 0.451. The number of nitrogens with zero attached hydrogens (tertiary/aromatic N) is 3. The van der Waals surface area contributed by atoms with Crippen molar-refractivity contribution in [1.82, 2.24) is 14.9 Å². The first-order valence-corrected chi connectivity index (χ1v) is 8.93. The Morgan fingerprint density at radius 2 is 1.93 bits per heavy atom. The SMILES string of the molecule is COc1cc(C=Nn2c(C(F)(F)F)n[nH]c2=S)ccc1OCCc1ccccc1. The molecule has 0 unspecified atom stereocenters. The molecular formula is C19H17F3N4O2S. The fourth-order valence-electron chi connectivity index (χ4n) is 2.51. The van der Waals surface area contributed by atoms with Crippen LogP contribution >= 0.6 is 12.2 Å². The number of halogens is 3. The molecule has 0 saturated heterocycles. The number of aromatic amines is 1. The molecule has 29 heavy (non-hydrogen) atoms. The Morgan fingerprint density at radius 1 is 1.17 bits per heavy atom. The number of alkyl halides is 3. The number of methoxy groups -OCH3 is 1. The van der Waals surface area contributed by atoms with Gasteiger partial charge in [0.2, 0.25) is 4.77 Å². The number of hydrogen-bond acceptors (Lipinski definition) is 5. The predicted molar refractivity (Wildman–Crippen MR) is 104 cm³/mol. The van der Waals surface area contributed by atoms with Crippen LogP contribution in [0.5, 0.6) is 11.5 Å². The molecule has 1 heterocycles. The molecule has 2 aromatic carbocycles. The second kappa shape index (κ2) is 8.91. The molecule has 0 aliphatic carbocycles. The third-order valence-corrected chi connectivity index (χ3v) is 4.17. The highest BCUT2D eigenvalue weighted by Crippen LogP contribution is 2.29. The third-order valence-electron chi connectivity index (χ3n) is 3.91. The van der Waals surface area contributed by atoms with Crippen molar-refractivity contribution in [3.63, 3.8) is 0 Å². The van der Waals surface area contributed by atoms with Gasteiger partial charge in [0.15, 0.2) is 11.5 Å². The summed E-state index contributed by atoms with van der Waals surface area (Å²) >= 11 is 4.80. The number of nitrogens with one attached hydrogen (secondary N) is 1. The van der Waals surface area contributed by atoms with Crippen LogP contribution in [0.25, 0.3) is 0 Å². The van der Waals surface area contributed by atoms with Gasteiger partial charge in [0.05, 0.1) is 19.9 Å². The molecule has 0 atom stereocenters. The first-order chi connectivity index (χ1) is 13.9. The van der Waals surface area contributed by atoms with Crippen molar-refractivity contribution < 1.29 is 22.6 Å². The molecular weight excluding hydrogens is 405 g/mol. The van der Waals surface area contributed by atoms with Crippen LogP contribution < -0.4 is 9.47 Å². The molecule has 0 saturated carbocycles. The second-order valence-electron chi connectivity index (χ2n) is 5.90. The van der Waals surface area contributed by atoms with Crippen LogP contribution in [-0.4, -0.2) is 34.8 Å². The van der Waals surface area contributed by atoms with E-state index in [2.05, 4.69) is 15.3 Å². The maximum absolute atomic E-state index is 12.9. The molecule has 3 aromatic rings. The molecule has 0 amide bonds. The number of H-pyrrole nitrogens is 1. The van der Waals surface area contributed by atoms with E-state index in [1.807, 2.05) is 30.3 Å². The van der Waals surface area contributed by atoms with Crippen molar-refractivity contribution in [2.75, 3.05) is 13.7 Å². The van der Waals surface area contributed by atoms with Crippen LogP contribution in [0.4, 0.5) is 13.2 Å². The average molecular weight is 422 g/mol. The lowest BCUT2D eigenvalue weighted by molar-refractivity contribution is -0.147. The van der Waals surface area contributed by atoms with E-state index in [1.165, 1.54) is 13.3 Å². The van der Waals surface area contributed by atoms with Crippen molar-refractivity contribution in [3.8, 4) is 11.5 Å². The Hall–Kier alpha value is -3.14. The highest BCUT2D eigenvalue weighted by atomic mass is 32.1. The monoisotopic (exact) mass is 422 g/mol. The summed E-state index contributed by atoms with van der Waals surface area (Å²) in [4.78, 5) is 0. The number of aromatic nitrogens is 3. The summed E-state index contributed by atoms with van der Waals surface area (Å²) in [5, 5.41) is 9.04. The van der Waals surface area contributed by atoms with Crippen molar-refractivity contribution in [2.45, 2.75) is 12.6 Å². The maximum atomic E-state index is 12.9. The van der Waals surface area contributed by atoms with Gasteiger partial charge in [0.25, 0.3) is 5.82 Å². The Kier molecular flexibility index (Phi) is 6.32. The molecule has 0 spiro atoms. The van der Waals surface area contributed by atoms with Crippen LogP contribution in [0.15, 0.2) is 53.6 Å². The van der Waals surface area contributed by atoms with Gasteiger partial charge in [-0.3, -0.25) is 0 Å². The molecule has 0 aliphatic heterocycles. The largest absolute Gasteiger partial charge is 0.493 e. The minimum absolute atomic E-state index is 0.263. The lowest BCUT2D eigenvalue weighted by Crippen LogP contribution is -2.12. The number of hydrogen-bond donors (Lipinski definition) is 1. The van der Waals surface area contributed by atoms with Crippen molar-refractivity contribution in [1.29, 1.82) is 0 Å². The van der Waals surface area contributed by atoms with E-state index in [-0.39, 0.29) is 4.77 Å². The smallest absolute Gasteiger partial charge is 0.453 e. The molecule has 1 N–H and O–H groups in total. The van der Waals surface area contributed by atoms with E-state index in [1.54, 1.807) is 18.2 Å². The zero-order valence-corrected chi connectivity index (χ0v) is 16.1. The van der Waals surface area contributed by atoms with Crippen LogP contribution in [0.2, 0.25) is 0 Å². The number of ether oxygens (including phenoxy) is 2. The highest BCUT2D eigenvalue weighted by molar-refractivity contribution is 7.71. The molecule has 152 valence electrons.